The second kappa shape index (κ2) is 5.59. The van der Waals surface area contributed by atoms with Crippen molar-refractivity contribution in [1.29, 1.82) is 0 Å². The molecule has 1 aliphatic heterocycles. The minimum Gasteiger partial charge on any atom is -0.306 e. The number of alkyl halides is 3. The van der Waals surface area contributed by atoms with Crippen molar-refractivity contribution < 1.29 is 13.2 Å². The van der Waals surface area contributed by atoms with E-state index in [-0.39, 0.29) is 11.8 Å². The maximum Gasteiger partial charge on any atom is 0.403 e. The van der Waals surface area contributed by atoms with Crippen LogP contribution in [0.15, 0.2) is 0 Å². The second-order valence-electron chi connectivity index (χ2n) is 5.81. The molecule has 0 spiro atoms. The molecular weight excluding hydrogens is 227 g/mol. The first-order valence-corrected chi connectivity index (χ1v) is 6.57. The lowest BCUT2D eigenvalue weighted by Crippen LogP contribution is -2.44. The molecule has 0 aliphatic carbocycles. The summed E-state index contributed by atoms with van der Waals surface area (Å²) in [5.41, 5.74) is 0.160. The molecule has 1 heterocycles. The van der Waals surface area contributed by atoms with Crippen molar-refractivity contribution in [2.24, 2.45) is 11.3 Å². The third-order valence-corrected chi connectivity index (χ3v) is 4.34. The van der Waals surface area contributed by atoms with E-state index in [1.807, 2.05) is 0 Å². The van der Waals surface area contributed by atoms with Crippen LogP contribution in [0.5, 0.6) is 0 Å². The van der Waals surface area contributed by atoms with Gasteiger partial charge in [-0.3, -0.25) is 0 Å². The maximum atomic E-state index is 12.7. The Morgan fingerprint density at radius 2 is 1.76 bits per heavy atom. The number of rotatable bonds is 2. The Hall–Kier alpha value is -0.250. The lowest BCUT2D eigenvalue weighted by atomic mass is 9.71. The number of hydrogen-bond donors (Lipinski definition) is 1. The lowest BCUT2D eigenvalue weighted by molar-refractivity contribution is -0.159. The van der Waals surface area contributed by atoms with Crippen molar-refractivity contribution in [2.75, 3.05) is 6.54 Å². The highest BCUT2D eigenvalue weighted by Crippen LogP contribution is 2.39. The van der Waals surface area contributed by atoms with Gasteiger partial charge in [-0.05, 0) is 43.6 Å². The maximum absolute atomic E-state index is 12.7. The first kappa shape index (κ1) is 14.8. The average molecular weight is 251 g/mol. The molecule has 1 nitrogen and oxygen atoms in total. The lowest BCUT2D eigenvalue weighted by Gasteiger charge is -2.37. The molecular formula is C13H24F3N. The summed E-state index contributed by atoms with van der Waals surface area (Å²) < 4.78 is 38.1. The summed E-state index contributed by atoms with van der Waals surface area (Å²) in [6.07, 6.45) is -0.283. The van der Waals surface area contributed by atoms with Gasteiger partial charge in [-0.2, -0.15) is 13.2 Å². The zero-order valence-electron chi connectivity index (χ0n) is 11.0. The van der Waals surface area contributed by atoms with Crippen molar-refractivity contribution in [1.82, 2.24) is 5.32 Å². The van der Waals surface area contributed by atoms with Crippen LogP contribution < -0.4 is 5.32 Å². The zero-order valence-corrected chi connectivity index (χ0v) is 11.0. The fraction of sp³-hybridized carbons (Fsp3) is 1.00. The first-order chi connectivity index (χ1) is 7.77. The predicted molar refractivity (Wildman–Crippen MR) is 63.9 cm³/mol. The highest BCUT2D eigenvalue weighted by atomic mass is 19.4. The molecule has 0 saturated carbocycles. The van der Waals surface area contributed by atoms with E-state index in [0.717, 1.165) is 19.3 Å². The summed E-state index contributed by atoms with van der Waals surface area (Å²) in [4.78, 5) is 0. The van der Waals surface area contributed by atoms with Crippen molar-refractivity contribution in [2.45, 2.75) is 65.1 Å². The van der Waals surface area contributed by atoms with Crippen LogP contribution in [0.25, 0.3) is 0 Å². The summed E-state index contributed by atoms with van der Waals surface area (Å²) >= 11 is 0. The van der Waals surface area contributed by atoms with E-state index in [1.165, 1.54) is 0 Å². The van der Waals surface area contributed by atoms with E-state index in [9.17, 15) is 13.2 Å². The quantitative estimate of drug-likeness (QED) is 0.778. The van der Waals surface area contributed by atoms with E-state index >= 15 is 0 Å². The topological polar surface area (TPSA) is 12.0 Å². The van der Waals surface area contributed by atoms with Crippen LogP contribution in [0.1, 0.15) is 52.9 Å². The second-order valence-corrected chi connectivity index (χ2v) is 5.81. The van der Waals surface area contributed by atoms with Crippen LogP contribution in [0.4, 0.5) is 13.2 Å². The Morgan fingerprint density at radius 3 is 2.29 bits per heavy atom. The third kappa shape index (κ3) is 4.16. The summed E-state index contributed by atoms with van der Waals surface area (Å²) in [5, 5.41) is 2.63. The van der Waals surface area contributed by atoms with E-state index in [4.69, 9.17) is 0 Å². The SMILES string of the molecule is CCC(C)(C)C1CCCNC(C(F)(F)F)CC1. The van der Waals surface area contributed by atoms with Gasteiger partial charge in [-0.25, -0.2) is 0 Å². The molecule has 1 N–H and O–H groups in total. The molecule has 1 saturated heterocycles. The third-order valence-electron chi connectivity index (χ3n) is 4.34. The molecule has 102 valence electrons. The molecule has 0 aromatic carbocycles. The van der Waals surface area contributed by atoms with Crippen LogP contribution in [-0.2, 0) is 0 Å². The van der Waals surface area contributed by atoms with Gasteiger partial charge in [0.1, 0.15) is 6.04 Å². The van der Waals surface area contributed by atoms with Crippen molar-refractivity contribution in [3.8, 4) is 0 Å². The molecule has 2 atom stereocenters. The zero-order chi connectivity index (χ0) is 13.1. The van der Waals surface area contributed by atoms with E-state index < -0.39 is 12.2 Å². The smallest absolute Gasteiger partial charge is 0.306 e. The fourth-order valence-electron chi connectivity index (χ4n) is 2.59. The van der Waals surface area contributed by atoms with Gasteiger partial charge < -0.3 is 5.32 Å². The number of nitrogens with one attached hydrogen (secondary N) is 1. The van der Waals surface area contributed by atoms with Gasteiger partial charge in [-0.1, -0.05) is 27.2 Å². The molecule has 0 aromatic rings. The van der Waals surface area contributed by atoms with E-state index in [0.29, 0.717) is 18.9 Å². The highest BCUT2D eigenvalue weighted by Gasteiger charge is 2.40. The minimum atomic E-state index is -4.10. The molecule has 0 aromatic heterocycles. The average Bonchev–Trinajstić information content (AvgIpc) is 2.14. The molecule has 4 heteroatoms. The van der Waals surface area contributed by atoms with Crippen LogP contribution >= 0.6 is 0 Å². The summed E-state index contributed by atoms with van der Waals surface area (Å²) in [5.74, 6) is 0.416. The van der Waals surface area contributed by atoms with Crippen molar-refractivity contribution >= 4 is 0 Å². The van der Waals surface area contributed by atoms with E-state index in [1.54, 1.807) is 0 Å². The Balaban J connectivity index is 2.63. The van der Waals surface area contributed by atoms with Crippen LogP contribution in [0.2, 0.25) is 0 Å². The summed E-state index contributed by atoms with van der Waals surface area (Å²) in [6.45, 7) is 6.96. The van der Waals surface area contributed by atoms with Crippen molar-refractivity contribution in [3.63, 3.8) is 0 Å². The summed E-state index contributed by atoms with van der Waals surface area (Å²) in [7, 11) is 0. The first-order valence-electron chi connectivity index (χ1n) is 6.57. The molecule has 0 bridgehead atoms. The van der Waals surface area contributed by atoms with Gasteiger partial charge in [0, 0.05) is 0 Å². The standard InChI is InChI=1S/C13H24F3N/c1-4-12(2,3)10-6-5-9-17-11(8-7-10)13(14,15)16/h10-11,17H,4-9H2,1-3H3. The molecule has 1 rings (SSSR count). The number of halogens is 3. The molecule has 0 amide bonds. The van der Waals surface area contributed by atoms with Crippen molar-refractivity contribution in [3.05, 3.63) is 0 Å². The van der Waals surface area contributed by atoms with Crippen LogP contribution in [0.3, 0.4) is 0 Å². The van der Waals surface area contributed by atoms with E-state index in [2.05, 4.69) is 26.1 Å². The summed E-state index contributed by atoms with van der Waals surface area (Å²) in [6, 6.07) is -1.31. The minimum absolute atomic E-state index is 0.160. The molecule has 1 fully saturated rings. The molecule has 0 radical (unpaired) electrons. The fourth-order valence-corrected chi connectivity index (χ4v) is 2.59. The van der Waals surface area contributed by atoms with Gasteiger partial charge in [0.2, 0.25) is 0 Å². The molecule has 17 heavy (non-hydrogen) atoms. The Kier molecular flexibility index (Phi) is 4.87. The highest BCUT2D eigenvalue weighted by molar-refractivity contribution is 4.84. The largest absolute Gasteiger partial charge is 0.403 e. The monoisotopic (exact) mass is 251 g/mol. The number of hydrogen-bond acceptors (Lipinski definition) is 1. The van der Waals surface area contributed by atoms with Gasteiger partial charge in [0.15, 0.2) is 0 Å². The van der Waals surface area contributed by atoms with Gasteiger partial charge >= 0.3 is 6.18 Å². The Bertz CT molecular complexity index is 235. The molecule has 1 aliphatic rings. The predicted octanol–water partition coefficient (Wildman–Crippen LogP) is 4.13. The normalized spacial score (nSPS) is 28.6. The van der Waals surface area contributed by atoms with Gasteiger partial charge in [-0.15, -0.1) is 0 Å². The van der Waals surface area contributed by atoms with Gasteiger partial charge in [0.25, 0.3) is 0 Å². The van der Waals surface area contributed by atoms with Gasteiger partial charge in [0.05, 0.1) is 0 Å². The van der Waals surface area contributed by atoms with Crippen LogP contribution in [0, 0.1) is 11.3 Å². The van der Waals surface area contributed by atoms with Crippen LogP contribution in [-0.4, -0.2) is 18.8 Å². The Labute approximate surface area is 102 Å². The Morgan fingerprint density at radius 1 is 1.12 bits per heavy atom. The molecule has 2 unspecified atom stereocenters.